The molecule has 2 aromatic rings. The van der Waals surface area contributed by atoms with Crippen molar-refractivity contribution in [2.75, 3.05) is 7.05 Å². The molecule has 0 amide bonds. The highest BCUT2D eigenvalue weighted by molar-refractivity contribution is 5.27. The standard InChI is InChI=1S/C17H19F2N/c1-3-12-4-6-14(7-5-12)17(20-2)10-13-8-15(18)11-16(19)9-13/h4-9,11,17,20H,3,10H2,1-2H3. The summed E-state index contributed by atoms with van der Waals surface area (Å²) in [5.41, 5.74) is 3.05. The molecule has 0 heterocycles. The number of rotatable bonds is 5. The van der Waals surface area contributed by atoms with Gasteiger partial charge in [0.25, 0.3) is 0 Å². The summed E-state index contributed by atoms with van der Waals surface area (Å²) in [6.07, 6.45) is 1.55. The van der Waals surface area contributed by atoms with Gasteiger partial charge in [-0.1, -0.05) is 31.2 Å². The Morgan fingerprint density at radius 2 is 1.55 bits per heavy atom. The van der Waals surface area contributed by atoms with E-state index in [9.17, 15) is 8.78 Å². The molecule has 0 radical (unpaired) electrons. The molecule has 0 aromatic heterocycles. The van der Waals surface area contributed by atoms with Crippen molar-refractivity contribution in [3.8, 4) is 0 Å². The van der Waals surface area contributed by atoms with Crippen LogP contribution in [0.4, 0.5) is 8.78 Å². The Labute approximate surface area is 118 Å². The largest absolute Gasteiger partial charge is 0.313 e. The van der Waals surface area contributed by atoms with Gasteiger partial charge in [-0.15, -0.1) is 0 Å². The third-order valence-electron chi connectivity index (χ3n) is 3.50. The zero-order chi connectivity index (χ0) is 14.5. The quantitative estimate of drug-likeness (QED) is 0.868. The molecular formula is C17H19F2N. The Morgan fingerprint density at radius 1 is 0.950 bits per heavy atom. The molecule has 2 rings (SSSR count). The van der Waals surface area contributed by atoms with Crippen LogP contribution < -0.4 is 5.32 Å². The minimum atomic E-state index is -0.531. The van der Waals surface area contributed by atoms with E-state index in [1.165, 1.54) is 17.7 Å². The second-order valence-electron chi connectivity index (χ2n) is 4.92. The maximum Gasteiger partial charge on any atom is 0.126 e. The molecule has 0 saturated carbocycles. The van der Waals surface area contributed by atoms with E-state index >= 15 is 0 Å². The molecule has 1 N–H and O–H groups in total. The first-order chi connectivity index (χ1) is 9.62. The van der Waals surface area contributed by atoms with E-state index in [0.717, 1.165) is 18.1 Å². The Morgan fingerprint density at radius 3 is 2.05 bits per heavy atom. The molecular weight excluding hydrogens is 256 g/mol. The van der Waals surface area contributed by atoms with Crippen molar-refractivity contribution in [1.82, 2.24) is 5.32 Å². The number of benzene rings is 2. The number of aryl methyl sites for hydroxylation is 1. The molecule has 0 aliphatic heterocycles. The third-order valence-corrected chi connectivity index (χ3v) is 3.50. The third kappa shape index (κ3) is 3.64. The van der Waals surface area contributed by atoms with Gasteiger partial charge in [0.2, 0.25) is 0 Å². The Bertz CT molecular complexity index is 543. The van der Waals surface area contributed by atoms with E-state index < -0.39 is 11.6 Å². The number of nitrogens with one attached hydrogen (secondary N) is 1. The highest BCUT2D eigenvalue weighted by Gasteiger charge is 2.11. The molecule has 0 aliphatic carbocycles. The number of hydrogen-bond acceptors (Lipinski definition) is 1. The second-order valence-corrected chi connectivity index (χ2v) is 4.92. The van der Waals surface area contributed by atoms with Gasteiger partial charge < -0.3 is 5.32 Å². The number of hydrogen-bond donors (Lipinski definition) is 1. The number of halogens is 2. The summed E-state index contributed by atoms with van der Waals surface area (Å²) in [6, 6.07) is 12.0. The average molecular weight is 275 g/mol. The van der Waals surface area contributed by atoms with Gasteiger partial charge in [0.15, 0.2) is 0 Å². The second kappa shape index (κ2) is 6.62. The van der Waals surface area contributed by atoms with Crippen LogP contribution in [-0.2, 0) is 12.8 Å². The minimum absolute atomic E-state index is 0.0436. The fraction of sp³-hybridized carbons (Fsp3) is 0.294. The molecule has 0 fully saturated rings. The van der Waals surface area contributed by atoms with E-state index in [1.807, 2.05) is 7.05 Å². The van der Waals surface area contributed by atoms with Gasteiger partial charge in [-0.25, -0.2) is 8.78 Å². The van der Waals surface area contributed by atoms with Gasteiger partial charge in [0.1, 0.15) is 11.6 Å². The Balaban J connectivity index is 2.19. The molecule has 106 valence electrons. The summed E-state index contributed by atoms with van der Waals surface area (Å²) >= 11 is 0. The topological polar surface area (TPSA) is 12.0 Å². The van der Waals surface area contributed by atoms with E-state index in [0.29, 0.717) is 12.0 Å². The van der Waals surface area contributed by atoms with E-state index in [2.05, 4.69) is 36.5 Å². The van der Waals surface area contributed by atoms with E-state index in [-0.39, 0.29) is 6.04 Å². The zero-order valence-corrected chi connectivity index (χ0v) is 11.8. The Hall–Kier alpha value is -1.74. The van der Waals surface area contributed by atoms with Crippen molar-refractivity contribution in [1.29, 1.82) is 0 Å². The van der Waals surface area contributed by atoms with Gasteiger partial charge in [0, 0.05) is 12.1 Å². The monoisotopic (exact) mass is 275 g/mol. The molecule has 1 atom stereocenters. The highest BCUT2D eigenvalue weighted by atomic mass is 19.1. The molecule has 20 heavy (non-hydrogen) atoms. The molecule has 0 saturated heterocycles. The van der Waals surface area contributed by atoms with Crippen molar-refractivity contribution in [3.63, 3.8) is 0 Å². The van der Waals surface area contributed by atoms with Crippen LogP contribution in [0.5, 0.6) is 0 Å². The zero-order valence-electron chi connectivity index (χ0n) is 11.8. The predicted molar refractivity (Wildman–Crippen MR) is 77.7 cm³/mol. The first-order valence-corrected chi connectivity index (χ1v) is 6.83. The van der Waals surface area contributed by atoms with Crippen molar-refractivity contribution >= 4 is 0 Å². The Kier molecular flexibility index (Phi) is 4.85. The van der Waals surface area contributed by atoms with Crippen LogP contribution in [-0.4, -0.2) is 7.05 Å². The molecule has 3 heteroatoms. The predicted octanol–water partition coefficient (Wildman–Crippen LogP) is 4.03. The fourth-order valence-corrected chi connectivity index (χ4v) is 2.34. The molecule has 1 unspecified atom stereocenters. The first kappa shape index (κ1) is 14.7. The van der Waals surface area contributed by atoms with Gasteiger partial charge in [-0.3, -0.25) is 0 Å². The van der Waals surface area contributed by atoms with Crippen molar-refractivity contribution in [3.05, 3.63) is 70.8 Å². The van der Waals surface area contributed by atoms with Gasteiger partial charge in [0.05, 0.1) is 0 Å². The molecule has 2 aromatic carbocycles. The lowest BCUT2D eigenvalue weighted by Gasteiger charge is -2.17. The SMILES string of the molecule is CCc1ccc(C(Cc2cc(F)cc(F)c2)NC)cc1. The summed E-state index contributed by atoms with van der Waals surface area (Å²) in [7, 11) is 1.86. The maximum atomic E-state index is 13.2. The van der Waals surface area contributed by atoms with E-state index in [4.69, 9.17) is 0 Å². The highest BCUT2D eigenvalue weighted by Crippen LogP contribution is 2.20. The summed E-state index contributed by atoms with van der Waals surface area (Å²) in [5, 5.41) is 3.20. The van der Waals surface area contributed by atoms with Gasteiger partial charge in [-0.2, -0.15) is 0 Å². The lowest BCUT2D eigenvalue weighted by molar-refractivity contribution is 0.562. The summed E-state index contributed by atoms with van der Waals surface area (Å²) < 4.78 is 26.4. The lowest BCUT2D eigenvalue weighted by Crippen LogP contribution is -2.19. The van der Waals surface area contributed by atoms with Crippen LogP contribution in [0.1, 0.15) is 29.7 Å². The normalized spacial score (nSPS) is 12.4. The maximum absolute atomic E-state index is 13.2. The van der Waals surface area contributed by atoms with Gasteiger partial charge in [-0.05, 0) is 48.7 Å². The number of likely N-dealkylation sites (N-methyl/N-ethyl adjacent to an activating group) is 1. The van der Waals surface area contributed by atoms with Crippen LogP contribution in [0.25, 0.3) is 0 Å². The molecule has 0 aliphatic rings. The minimum Gasteiger partial charge on any atom is -0.313 e. The summed E-state index contributed by atoms with van der Waals surface area (Å²) in [4.78, 5) is 0. The lowest BCUT2D eigenvalue weighted by atomic mass is 9.97. The first-order valence-electron chi connectivity index (χ1n) is 6.83. The van der Waals surface area contributed by atoms with Crippen LogP contribution in [0.3, 0.4) is 0 Å². The smallest absolute Gasteiger partial charge is 0.126 e. The van der Waals surface area contributed by atoms with Crippen LogP contribution in [0, 0.1) is 11.6 Å². The summed E-state index contributed by atoms with van der Waals surface area (Å²) in [6.45, 7) is 2.11. The van der Waals surface area contributed by atoms with E-state index in [1.54, 1.807) is 0 Å². The van der Waals surface area contributed by atoms with Gasteiger partial charge >= 0.3 is 0 Å². The van der Waals surface area contributed by atoms with Crippen molar-refractivity contribution in [2.45, 2.75) is 25.8 Å². The molecule has 0 spiro atoms. The van der Waals surface area contributed by atoms with Crippen LogP contribution in [0.15, 0.2) is 42.5 Å². The summed E-state index contributed by atoms with van der Waals surface area (Å²) in [5.74, 6) is -1.06. The van der Waals surface area contributed by atoms with Crippen molar-refractivity contribution in [2.24, 2.45) is 0 Å². The van der Waals surface area contributed by atoms with Crippen LogP contribution >= 0.6 is 0 Å². The fourth-order valence-electron chi connectivity index (χ4n) is 2.34. The molecule has 1 nitrogen and oxygen atoms in total. The van der Waals surface area contributed by atoms with Crippen molar-refractivity contribution < 1.29 is 8.78 Å². The average Bonchev–Trinajstić information content (AvgIpc) is 2.44. The molecule has 0 bridgehead atoms. The van der Waals surface area contributed by atoms with Crippen LogP contribution in [0.2, 0.25) is 0 Å².